The van der Waals surface area contributed by atoms with Gasteiger partial charge in [0, 0.05) is 91.6 Å². The van der Waals surface area contributed by atoms with Crippen molar-refractivity contribution >= 4 is 57.6 Å². The third-order valence-corrected chi connectivity index (χ3v) is 14.4. The Morgan fingerprint density at radius 1 is 0.833 bits per heavy atom. The number of aromatic nitrogens is 1. The Labute approximate surface area is 384 Å². The van der Waals surface area contributed by atoms with E-state index in [9.17, 15) is 28.8 Å². The minimum absolute atomic E-state index is 0.0415. The topological polar surface area (TPSA) is 166 Å². The van der Waals surface area contributed by atoms with Gasteiger partial charge in [-0.3, -0.25) is 43.9 Å². The SMILES string of the molecule is [C-]#[N+]c1ccc2c3c([nH]c2c1)C(C)(C)c1cc(N2CCC(N4CCN(C(=O)CCOCCOCCCc5cccc6c5C(=O)N(C5CCC(=O)NC5=O)C6=O)CC4)CC2)c(CC)cc1C3=O. The maximum atomic E-state index is 14.1. The number of imide groups is 2. The smallest absolute Gasteiger partial charge is 0.262 e. The van der Waals surface area contributed by atoms with Crippen LogP contribution in [0.2, 0.25) is 0 Å². The Kier molecular flexibility index (Phi) is 12.7. The van der Waals surface area contributed by atoms with Crippen LogP contribution >= 0.6 is 0 Å². The van der Waals surface area contributed by atoms with E-state index in [1.807, 2.05) is 23.1 Å². The minimum atomic E-state index is -0.999. The number of nitrogens with zero attached hydrogens (tertiary/aromatic N) is 5. The monoisotopic (exact) mass is 895 g/mol. The van der Waals surface area contributed by atoms with Crippen molar-refractivity contribution in [2.24, 2.45) is 0 Å². The Bertz CT molecular complexity index is 2660. The highest BCUT2D eigenvalue weighted by Crippen LogP contribution is 2.46. The van der Waals surface area contributed by atoms with Crippen molar-refractivity contribution in [1.29, 1.82) is 0 Å². The quantitative estimate of drug-likeness (QED) is 0.0909. The number of carbonyl (C=O) groups excluding carboxylic acids is 6. The molecule has 66 heavy (non-hydrogen) atoms. The van der Waals surface area contributed by atoms with Crippen molar-refractivity contribution in [1.82, 2.24) is 25.0 Å². The Morgan fingerprint density at radius 3 is 2.32 bits per heavy atom. The van der Waals surface area contributed by atoms with Crippen LogP contribution in [-0.2, 0) is 42.1 Å². The second-order valence-electron chi connectivity index (χ2n) is 18.6. The third-order valence-electron chi connectivity index (χ3n) is 14.4. The lowest BCUT2D eigenvalue weighted by molar-refractivity contribution is -0.136. The van der Waals surface area contributed by atoms with E-state index in [4.69, 9.17) is 16.0 Å². The van der Waals surface area contributed by atoms with Gasteiger partial charge in [-0.25, -0.2) is 4.85 Å². The number of carbonyl (C=O) groups is 6. The molecule has 9 rings (SSSR count). The molecule has 5 heterocycles. The van der Waals surface area contributed by atoms with Gasteiger partial charge in [0.2, 0.25) is 17.7 Å². The van der Waals surface area contributed by atoms with Gasteiger partial charge in [-0.2, -0.15) is 0 Å². The molecule has 15 heteroatoms. The number of piperazine rings is 1. The number of nitrogens with one attached hydrogen (secondary N) is 2. The summed E-state index contributed by atoms with van der Waals surface area (Å²) in [6.45, 7) is 20.4. The van der Waals surface area contributed by atoms with Crippen LogP contribution in [0.3, 0.4) is 0 Å². The summed E-state index contributed by atoms with van der Waals surface area (Å²) in [5, 5.41) is 3.09. The highest BCUT2D eigenvalue weighted by Gasteiger charge is 2.46. The predicted octanol–water partition coefficient (Wildman–Crippen LogP) is 5.72. The first-order valence-corrected chi connectivity index (χ1v) is 23.4. The maximum Gasteiger partial charge on any atom is 0.262 e. The summed E-state index contributed by atoms with van der Waals surface area (Å²) in [5.74, 6) is -1.93. The molecule has 3 aromatic carbocycles. The summed E-state index contributed by atoms with van der Waals surface area (Å²) in [7, 11) is 0. The van der Waals surface area contributed by atoms with Gasteiger partial charge in [-0.1, -0.05) is 45.0 Å². The first-order chi connectivity index (χ1) is 31.9. The Hall–Kier alpha value is -6.21. The zero-order valence-corrected chi connectivity index (χ0v) is 38.0. The summed E-state index contributed by atoms with van der Waals surface area (Å²) in [4.78, 5) is 92.8. The molecule has 5 aliphatic rings. The molecule has 5 amide bonds. The van der Waals surface area contributed by atoms with Crippen LogP contribution in [0.4, 0.5) is 11.4 Å². The van der Waals surface area contributed by atoms with Crippen molar-refractivity contribution in [2.75, 3.05) is 70.6 Å². The van der Waals surface area contributed by atoms with E-state index in [1.54, 1.807) is 18.2 Å². The van der Waals surface area contributed by atoms with Gasteiger partial charge < -0.3 is 24.3 Å². The highest BCUT2D eigenvalue weighted by atomic mass is 16.5. The first kappa shape index (κ1) is 45.0. The van der Waals surface area contributed by atoms with Crippen LogP contribution in [0.15, 0.2) is 48.5 Å². The molecule has 0 saturated carbocycles. The molecule has 1 unspecified atom stereocenters. The average molecular weight is 896 g/mol. The number of fused-ring (bicyclic) bond motifs is 5. The van der Waals surface area contributed by atoms with Crippen molar-refractivity contribution in [3.05, 3.63) is 105 Å². The number of aromatic amines is 1. The number of piperidine rings is 2. The Morgan fingerprint density at radius 2 is 1.59 bits per heavy atom. The van der Waals surface area contributed by atoms with Crippen LogP contribution in [0.25, 0.3) is 15.7 Å². The van der Waals surface area contributed by atoms with Crippen molar-refractivity contribution in [2.45, 2.75) is 89.6 Å². The molecule has 2 N–H and O–H groups in total. The zero-order chi connectivity index (χ0) is 46.3. The number of hydrogen-bond acceptors (Lipinski definition) is 10. The summed E-state index contributed by atoms with van der Waals surface area (Å²) >= 11 is 0. The van der Waals surface area contributed by atoms with Crippen LogP contribution in [0.1, 0.15) is 118 Å². The van der Waals surface area contributed by atoms with E-state index in [-0.39, 0.29) is 30.1 Å². The number of hydrogen-bond donors (Lipinski definition) is 2. The molecule has 1 aromatic heterocycles. The van der Waals surface area contributed by atoms with Gasteiger partial charge in [-0.05, 0) is 79.5 Å². The van der Waals surface area contributed by atoms with Crippen molar-refractivity contribution in [3.63, 3.8) is 0 Å². The predicted molar refractivity (Wildman–Crippen MR) is 247 cm³/mol. The molecule has 1 atom stereocenters. The second-order valence-corrected chi connectivity index (χ2v) is 18.6. The van der Waals surface area contributed by atoms with Gasteiger partial charge in [-0.15, -0.1) is 0 Å². The normalized spacial score (nSPS) is 19.8. The highest BCUT2D eigenvalue weighted by molar-refractivity contribution is 6.24. The molecule has 3 fully saturated rings. The molecule has 0 spiro atoms. The van der Waals surface area contributed by atoms with Crippen molar-refractivity contribution < 1.29 is 38.2 Å². The molecule has 3 saturated heterocycles. The molecular weight excluding hydrogens is 839 g/mol. The third kappa shape index (κ3) is 8.31. The van der Waals surface area contributed by atoms with Crippen LogP contribution < -0.4 is 10.2 Å². The summed E-state index contributed by atoms with van der Waals surface area (Å²) < 4.78 is 11.5. The lowest BCUT2D eigenvalue weighted by Crippen LogP contribution is -2.54. The van der Waals surface area contributed by atoms with E-state index < -0.39 is 35.1 Å². The van der Waals surface area contributed by atoms with Crippen LogP contribution in [0.5, 0.6) is 0 Å². The standard InChI is InChI=1S/C51H57N7O8/c1-5-31-28-37-38(51(2,3)47-45(46(37)61)35-12-11-33(52-4)29-39(35)53-47)30-41(31)56-18-15-34(16-19-56)55-20-22-57(23-21-55)43(60)17-25-66-27-26-65-24-7-9-32-8-6-10-36-44(32)50(64)58(49(36)63)40-13-14-42(59)54-48(40)62/h6,8,10-12,28-30,34,40,53H,5,7,9,13-27H2,1-3H3,(H,54,59,62). The van der Waals surface area contributed by atoms with Crippen molar-refractivity contribution in [3.8, 4) is 0 Å². The minimum Gasteiger partial charge on any atom is -0.379 e. The average Bonchev–Trinajstić information content (AvgIpc) is 3.84. The lowest BCUT2D eigenvalue weighted by Gasteiger charge is -2.44. The number of amides is 5. The molecule has 0 radical (unpaired) electrons. The largest absolute Gasteiger partial charge is 0.379 e. The molecular formula is C51H57N7O8. The second kappa shape index (κ2) is 18.6. The molecule has 15 nitrogen and oxygen atoms in total. The Balaban J connectivity index is 0.684. The number of ether oxygens (including phenoxy) is 2. The maximum absolute atomic E-state index is 14.1. The number of ketones is 1. The molecule has 4 aromatic rings. The molecule has 0 bridgehead atoms. The van der Waals surface area contributed by atoms with E-state index in [0.29, 0.717) is 81.6 Å². The van der Waals surface area contributed by atoms with Gasteiger partial charge in [0.1, 0.15) is 6.04 Å². The number of H-pyrrole nitrogens is 1. The molecule has 4 aliphatic heterocycles. The summed E-state index contributed by atoms with van der Waals surface area (Å²) in [6.07, 6.45) is 4.50. The zero-order valence-electron chi connectivity index (χ0n) is 38.0. The van der Waals surface area contributed by atoms with Crippen LogP contribution in [0, 0.1) is 6.57 Å². The van der Waals surface area contributed by atoms with Gasteiger partial charge in [0.25, 0.3) is 11.8 Å². The molecule has 1 aliphatic carbocycles. The van der Waals surface area contributed by atoms with E-state index >= 15 is 0 Å². The lowest BCUT2D eigenvalue weighted by atomic mass is 9.70. The fraction of sp³-hybridized carbons (Fsp3) is 0.471. The van der Waals surface area contributed by atoms with Gasteiger partial charge in [0.15, 0.2) is 11.5 Å². The molecule has 344 valence electrons. The fourth-order valence-electron chi connectivity index (χ4n) is 10.8. The van der Waals surface area contributed by atoms with E-state index in [2.05, 4.69) is 57.8 Å². The van der Waals surface area contributed by atoms with Crippen LogP contribution in [-0.4, -0.2) is 133 Å². The summed E-state index contributed by atoms with van der Waals surface area (Å²) in [6, 6.07) is 14.5. The number of aryl methyl sites for hydroxylation is 2. The first-order valence-electron chi connectivity index (χ1n) is 23.4. The van der Waals surface area contributed by atoms with Gasteiger partial charge in [0.05, 0.1) is 49.5 Å². The van der Waals surface area contributed by atoms with E-state index in [1.165, 1.54) is 11.3 Å². The van der Waals surface area contributed by atoms with E-state index in [0.717, 1.165) is 83.6 Å². The number of rotatable bonds is 14. The number of anilines is 1. The number of benzene rings is 3. The summed E-state index contributed by atoms with van der Waals surface area (Å²) in [5.41, 5.74) is 8.07. The van der Waals surface area contributed by atoms with Gasteiger partial charge >= 0.3 is 0 Å². The fourth-order valence-corrected chi connectivity index (χ4v) is 10.8.